The molecule has 88 valence electrons. The Morgan fingerprint density at radius 1 is 1.75 bits per heavy atom. The largest absolute Gasteiger partial charge is 0.339 e. The number of aryl methyl sites for hydroxylation is 1. The smallest absolute Gasteiger partial charge is 0.236 e. The summed E-state index contributed by atoms with van der Waals surface area (Å²) >= 11 is 1.58. The lowest BCUT2D eigenvalue weighted by Gasteiger charge is -2.16. The Hall–Kier alpha value is -1.20. The molecule has 1 aromatic rings. The molecule has 1 rings (SSSR count). The number of nitrogens with zero attached hydrogens (tertiary/aromatic N) is 2. The number of hydrogen-bond acceptors (Lipinski definition) is 4. The lowest BCUT2D eigenvalue weighted by Crippen LogP contribution is -2.35. The van der Waals surface area contributed by atoms with E-state index in [-0.39, 0.29) is 5.91 Å². The number of aromatic nitrogens is 1. The zero-order chi connectivity index (χ0) is 12.0. The van der Waals surface area contributed by atoms with Crippen molar-refractivity contribution >= 4 is 17.2 Å². The molecule has 0 aromatic carbocycles. The lowest BCUT2D eigenvalue weighted by molar-refractivity contribution is -0.129. The standard InChI is InChI=1S/C11H17N3OS/c1-4-5-12-6-11(15)14(3)7-10-9(2)13-8-16-10/h4,8,12H,1,5-7H2,2-3H3. The zero-order valence-electron chi connectivity index (χ0n) is 9.69. The van der Waals surface area contributed by atoms with E-state index in [0.717, 1.165) is 10.6 Å². The second-order valence-corrected chi connectivity index (χ2v) is 4.47. The van der Waals surface area contributed by atoms with E-state index < -0.39 is 0 Å². The summed E-state index contributed by atoms with van der Waals surface area (Å²) in [5, 5.41) is 2.99. The first kappa shape index (κ1) is 12.9. The van der Waals surface area contributed by atoms with Crippen molar-refractivity contribution in [1.82, 2.24) is 15.2 Å². The molecule has 4 nitrogen and oxygen atoms in total. The van der Waals surface area contributed by atoms with Crippen molar-refractivity contribution in [2.75, 3.05) is 20.1 Å². The normalized spacial score (nSPS) is 10.1. The molecular weight excluding hydrogens is 222 g/mol. The van der Waals surface area contributed by atoms with Gasteiger partial charge in [0.1, 0.15) is 0 Å². The quantitative estimate of drug-likeness (QED) is 0.599. The topological polar surface area (TPSA) is 45.2 Å². The fraction of sp³-hybridized carbons (Fsp3) is 0.455. The van der Waals surface area contributed by atoms with E-state index in [1.54, 1.807) is 34.9 Å². The fourth-order valence-electron chi connectivity index (χ4n) is 1.20. The second kappa shape index (κ2) is 6.40. The molecule has 16 heavy (non-hydrogen) atoms. The van der Waals surface area contributed by atoms with Gasteiger partial charge in [-0.15, -0.1) is 17.9 Å². The predicted molar refractivity (Wildman–Crippen MR) is 66.4 cm³/mol. The number of likely N-dealkylation sites (N-methyl/N-ethyl adjacent to an activating group) is 1. The van der Waals surface area contributed by atoms with Crippen LogP contribution in [0.25, 0.3) is 0 Å². The van der Waals surface area contributed by atoms with Crippen LogP contribution in [0.4, 0.5) is 0 Å². The molecule has 0 spiro atoms. The molecule has 0 fully saturated rings. The van der Waals surface area contributed by atoms with Crippen molar-refractivity contribution in [2.45, 2.75) is 13.5 Å². The molecule has 0 saturated carbocycles. The van der Waals surface area contributed by atoms with Crippen molar-refractivity contribution in [3.05, 3.63) is 28.7 Å². The van der Waals surface area contributed by atoms with Gasteiger partial charge in [0.05, 0.1) is 24.3 Å². The van der Waals surface area contributed by atoms with Gasteiger partial charge >= 0.3 is 0 Å². The number of amides is 1. The Morgan fingerprint density at radius 3 is 3.06 bits per heavy atom. The Labute approximate surface area is 100.0 Å². The summed E-state index contributed by atoms with van der Waals surface area (Å²) < 4.78 is 0. The number of rotatable bonds is 6. The molecule has 0 bridgehead atoms. The van der Waals surface area contributed by atoms with Crippen molar-refractivity contribution in [3.8, 4) is 0 Å². The minimum atomic E-state index is 0.0784. The highest BCUT2D eigenvalue weighted by Crippen LogP contribution is 2.13. The summed E-state index contributed by atoms with van der Waals surface area (Å²) in [6, 6.07) is 0. The van der Waals surface area contributed by atoms with Crippen LogP contribution < -0.4 is 5.32 Å². The molecule has 1 heterocycles. The third kappa shape index (κ3) is 3.75. The molecule has 5 heteroatoms. The first-order valence-corrected chi connectivity index (χ1v) is 5.97. The van der Waals surface area contributed by atoms with Gasteiger partial charge in [-0.05, 0) is 6.92 Å². The van der Waals surface area contributed by atoms with Crippen molar-refractivity contribution < 1.29 is 4.79 Å². The highest BCUT2D eigenvalue weighted by atomic mass is 32.1. The summed E-state index contributed by atoms with van der Waals surface area (Å²) in [6.45, 7) is 7.17. The van der Waals surface area contributed by atoms with E-state index in [0.29, 0.717) is 19.6 Å². The van der Waals surface area contributed by atoms with E-state index in [2.05, 4.69) is 16.9 Å². The van der Waals surface area contributed by atoms with E-state index >= 15 is 0 Å². The van der Waals surface area contributed by atoms with Gasteiger partial charge in [0, 0.05) is 18.5 Å². The van der Waals surface area contributed by atoms with Gasteiger partial charge in [0.2, 0.25) is 5.91 Å². The van der Waals surface area contributed by atoms with E-state index in [4.69, 9.17) is 0 Å². The molecule has 1 amide bonds. The van der Waals surface area contributed by atoms with Gasteiger partial charge in [0.25, 0.3) is 0 Å². The van der Waals surface area contributed by atoms with Crippen LogP contribution in [-0.4, -0.2) is 35.9 Å². The maximum absolute atomic E-state index is 11.7. The summed E-state index contributed by atoms with van der Waals surface area (Å²) in [7, 11) is 1.80. The monoisotopic (exact) mass is 239 g/mol. The van der Waals surface area contributed by atoms with E-state index in [9.17, 15) is 4.79 Å². The van der Waals surface area contributed by atoms with Gasteiger partial charge in [-0.3, -0.25) is 4.79 Å². The van der Waals surface area contributed by atoms with E-state index in [1.165, 1.54) is 0 Å². The molecule has 0 aliphatic carbocycles. The molecular formula is C11H17N3OS. The summed E-state index contributed by atoms with van der Waals surface area (Å²) in [5.74, 6) is 0.0784. The minimum Gasteiger partial charge on any atom is -0.339 e. The van der Waals surface area contributed by atoms with Crippen molar-refractivity contribution in [1.29, 1.82) is 0 Å². The summed E-state index contributed by atoms with van der Waals surface area (Å²) in [5.41, 5.74) is 2.81. The first-order valence-electron chi connectivity index (χ1n) is 5.09. The molecule has 0 aliphatic heterocycles. The average molecular weight is 239 g/mol. The second-order valence-electron chi connectivity index (χ2n) is 3.53. The predicted octanol–water partition coefficient (Wildman–Crippen LogP) is 1.19. The zero-order valence-corrected chi connectivity index (χ0v) is 10.5. The van der Waals surface area contributed by atoms with Gasteiger partial charge in [-0.2, -0.15) is 0 Å². The number of carbonyl (C=O) groups excluding carboxylic acids is 1. The van der Waals surface area contributed by atoms with Gasteiger partial charge in [-0.1, -0.05) is 6.08 Å². The highest BCUT2D eigenvalue weighted by Gasteiger charge is 2.10. The lowest BCUT2D eigenvalue weighted by atomic mass is 10.3. The minimum absolute atomic E-state index is 0.0784. The third-order valence-electron chi connectivity index (χ3n) is 2.22. The number of thiazole rings is 1. The Balaban J connectivity index is 2.40. The fourth-order valence-corrected chi connectivity index (χ4v) is 2.03. The first-order chi connectivity index (χ1) is 7.65. The highest BCUT2D eigenvalue weighted by molar-refractivity contribution is 7.09. The molecule has 1 N–H and O–H groups in total. The van der Waals surface area contributed by atoms with E-state index in [1.807, 2.05) is 6.92 Å². The Bertz CT molecular complexity index is 362. The molecule has 1 aromatic heterocycles. The Kier molecular flexibility index (Phi) is 5.14. The number of carbonyl (C=O) groups is 1. The summed E-state index contributed by atoms with van der Waals surface area (Å²) in [4.78, 5) is 18.7. The molecule has 0 aliphatic rings. The van der Waals surface area contributed by atoms with Crippen LogP contribution in [-0.2, 0) is 11.3 Å². The van der Waals surface area contributed by atoms with Crippen LogP contribution in [0.2, 0.25) is 0 Å². The van der Waals surface area contributed by atoms with Crippen LogP contribution in [0.3, 0.4) is 0 Å². The van der Waals surface area contributed by atoms with Crippen molar-refractivity contribution in [3.63, 3.8) is 0 Å². The van der Waals surface area contributed by atoms with Gasteiger partial charge in [0.15, 0.2) is 0 Å². The molecule has 0 atom stereocenters. The van der Waals surface area contributed by atoms with Crippen LogP contribution in [0, 0.1) is 6.92 Å². The van der Waals surface area contributed by atoms with Crippen LogP contribution in [0.15, 0.2) is 18.2 Å². The van der Waals surface area contributed by atoms with Crippen LogP contribution in [0.1, 0.15) is 10.6 Å². The maximum Gasteiger partial charge on any atom is 0.236 e. The molecule has 0 unspecified atom stereocenters. The number of nitrogens with one attached hydrogen (secondary N) is 1. The maximum atomic E-state index is 11.7. The third-order valence-corrected chi connectivity index (χ3v) is 3.14. The average Bonchev–Trinajstić information content (AvgIpc) is 2.64. The Morgan fingerprint density at radius 2 is 2.50 bits per heavy atom. The summed E-state index contributed by atoms with van der Waals surface area (Å²) in [6.07, 6.45) is 1.74. The van der Waals surface area contributed by atoms with Crippen molar-refractivity contribution in [2.24, 2.45) is 0 Å². The van der Waals surface area contributed by atoms with Gasteiger partial charge in [-0.25, -0.2) is 4.98 Å². The molecule has 0 radical (unpaired) electrons. The SMILES string of the molecule is C=CCNCC(=O)N(C)Cc1scnc1C. The van der Waals surface area contributed by atoms with Crippen LogP contribution in [0.5, 0.6) is 0 Å². The molecule has 0 saturated heterocycles. The van der Waals surface area contributed by atoms with Gasteiger partial charge < -0.3 is 10.2 Å². The number of hydrogen-bond donors (Lipinski definition) is 1. The van der Waals surface area contributed by atoms with Crippen LogP contribution >= 0.6 is 11.3 Å².